The number of rotatable bonds is 6. The second-order valence-electron chi connectivity index (χ2n) is 5.62. The van der Waals surface area contributed by atoms with Crippen LogP contribution in [0.25, 0.3) is 0 Å². The molecule has 114 valence electrons. The van der Waals surface area contributed by atoms with Gasteiger partial charge in [0.25, 0.3) is 5.56 Å². The molecule has 21 heavy (non-hydrogen) atoms. The highest BCUT2D eigenvalue weighted by Gasteiger charge is 2.22. The van der Waals surface area contributed by atoms with Gasteiger partial charge in [0, 0.05) is 23.4 Å². The first-order valence-electron chi connectivity index (χ1n) is 6.99. The zero-order valence-corrected chi connectivity index (χ0v) is 14.1. The van der Waals surface area contributed by atoms with Gasteiger partial charge in [0.1, 0.15) is 5.02 Å². The van der Waals surface area contributed by atoms with Crippen LogP contribution in [0.15, 0.2) is 28.5 Å². The number of aromatic nitrogens is 2. The number of hydrogen-bond donors (Lipinski definition) is 1. The third-order valence-corrected chi connectivity index (χ3v) is 4.93. The van der Waals surface area contributed by atoms with Crippen molar-refractivity contribution in [3.8, 4) is 0 Å². The summed E-state index contributed by atoms with van der Waals surface area (Å²) in [7, 11) is 0. The van der Waals surface area contributed by atoms with Crippen molar-refractivity contribution in [1.82, 2.24) is 9.78 Å². The van der Waals surface area contributed by atoms with Crippen LogP contribution < -0.4 is 10.9 Å². The van der Waals surface area contributed by atoms with Crippen molar-refractivity contribution in [2.24, 2.45) is 0 Å². The summed E-state index contributed by atoms with van der Waals surface area (Å²) in [6.45, 7) is 7.58. The number of nitrogens with zero attached hydrogens (tertiary/aromatic N) is 2. The number of halogens is 1. The minimum absolute atomic E-state index is 0.0320. The summed E-state index contributed by atoms with van der Waals surface area (Å²) in [5, 5.41) is 9.68. The highest BCUT2D eigenvalue weighted by atomic mass is 35.5. The van der Waals surface area contributed by atoms with Crippen LogP contribution in [0.1, 0.15) is 32.1 Å². The van der Waals surface area contributed by atoms with Gasteiger partial charge in [0.15, 0.2) is 0 Å². The first-order valence-corrected chi connectivity index (χ1v) is 8.25. The predicted octanol–water partition coefficient (Wildman–Crippen LogP) is 3.76. The van der Waals surface area contributed by atoms with Crippen LogP contribution in [0.5, 0.6) is 0 Å². The Morgan fingerprint density at radius 3 is 2.86 bits per heavy atom. The molecule has 0 saturated heterocycles. The lowest BCUT2D eigenvalue weighted by atomic mass is 9.91. The summed E-state index contributed by atoms with van der Waals surface area (Å²) in [5.74, 6) is 0. The maximum Gasteiger partial charge on any atom is 0.287 e. The number of thiophene rings is 1. The van der Waals surface area contributed by atoms with Crippen LogP contribution in [0.4, 0.5) is 5.69 Å². The summed E-state index contributed by atoms with van der Waals surface area (Å²) in [4.78, 5) is 13.4. The van der Waals surface area contributed by atoms with Crippen LogP contribution in [0.3, 0.4) is 0 Å². The van der Waals surface area contributed by atoms with Crippen LogP contribution in [-0.4, -0.2) is 16.3 Å². The SMILES string of the molecule is CCCn1ncc(NCC(C)(C)c2cccs2)c(Cl)c1=O. The van der Waals surface area contributed by atoms with E-state index < -0.39 is 0 Å². The third kappa shape index (κ3) is 3.66. The van der Waals surface area contributed by atoms with Gasteiger partial charge in [-0.15, -0.1) is 11.3 Å². The number of aryl methyl sites for hydroxylation is 1. The van der Waals surface area contributed by atoms with Crippen molar-refractivity contribution < 1.29 is 0 Å². The first-order chi connectivity index (χ1) is 9.95. The van der Waals surface area contributed by atoms with E-state index in [2.05, 4.69) is 35.7 Å². The lowest BCUT2D eigenvalue weighted by molar-refractivity contribution is 0.560. The van der Waals surface area contributed by atoms with Crippen molar-refractivity contribution in [2.75, 3.05) is 11.9 Å². The van der Waals surface area contributed by atoms with Gasteiger partial charge in [-0.2, -0.15) is 5.10 Å². The largest absolute Gasteiger partial charge is 0.381 e. The fourth-order valence-corrected chi connectivity index (χ4v) is 3.09. The van der Waals surface area contributed by atoms with Gasteiger partial charge in [-0.3, -0.25) is 4.79 Å². The molecule has 2 rings (SSSR count). The number of hydrogen-bond acceptors (Lipinski definition) is 4. The zero-order chi connectivity index (χ0) is 15.5. The molecule has 0 amide bonds. The summed E-state index contributed by atoms with van der Waals surface area (Å²) in [6, 6.07) is 4.16. The molecule has 0 radical (unpaired) electrons. The van der Waals surface area contributed by atoms with Crippen molar-refractivity contribution in [2.45, 2.75) is 39.2 Å². The molecule has 0 aliphatic carbocycles. The Hall–Kier alpha value is -1.33. The van der Waals surface area contributed by atoms with Crippen LogP contribution >= 0.6 is 22.9 Å². The van der Waals surface area contributed by atoms with Crippen molar-refractivity contribution in [1.29, 1.82) is 0 Å². The van der Waals surface area contributed by atoms with Gasteiger partial charge < -0.3 is 5.32 Å². The highest BCUT2D eigenvalue weighted by Crippen LogP contribution is 2.28. The van der Waals surface area contributed by atoms with Gasteiger partial charge in [-0.25, -0.2) is 4.68 Å². The number of nitrogens with one attached hydrogen (secondary N) is 1. The van der Waals surface area contributed by atoms with Gasteiger partial charge in [0.05, 0.1) is 11.9 Å². The molecular weight excluding hydrogens is 306 g/mol. The van der Waals surface area contributed by atoms with E-state index in [1.807, 2.05) is 13.0 Å². The Labute approximate surface area is 133 Å². The highest BCUT2D eigenvalue weighted by molar-refractivity contribution is 7.10. The topological polar surface area (TPSA) is 46.9 Å². The van der Waals surface area contributed by atoms with Gasteiger partial charge in [0.2, 0.25) is 0 Å². The molecule has 2 heterocycles. The van der Waals surface area contributed by atoms with Crippen LogP contribution in [0, 0.1) is 0 Å². The quantitative estimate of drug-likeness (QED) is 0.879. The Morgan fingerprint density at radius 2 is 2.24 bits per heavy atom. The average Bonchev–Trinajstić information content (AvgIpc) is 2.98. The molecule has 2 aromatic rings. The van der Waals surface area contributed by atoms with E-state index in [1.165, 1.54) is 9.56 Å². The third-order valence-electron chi connectivity index (χ3n) is 3.33. The molecule has 0 aliphatic rings. The maximum absolute atomic E-state index is 12.1. The van der Waals surface area contributed by atoms with Crippen molar-refractivity contribution in [3.63, 3.8) is 0 Å². The fraction of sp³-hybridized carbons (Fsp3) is 0.467. The van der Waals surface area contributed by atoms with E-state index in [0.29, 0.717) is 18.8 Å². The monoisotopic (exact) mass is 325 g/mol. The average molecular weight is 326 g/mol. The van der Waals surface area contributed by atoms with E-state index >= 15 is 0 Å². The molecule has 0 bridgehead atoms. The molecule has 6 heteroatoms. The molecule has 4 nitrogen and oxygen atoms in total. The first kappa shape index (κ1) is 16.0. The summed E-state index contributed by atoms with van der Waals surface area (Å²) < 4.78 is 1.40. The minimum atomic E-state index is -0.238. The van der Waals surface area contributed by atoms with E-state index in [4.69, 9.17) is 11.6 Å². The molecule has 0 atom stereocenters. The molecule has 2 aromatic heterocycles. The Kier molecular flexibility index (Phi) is 5.06. The second-order valence-corrected chi connectivity index (χ2v) is 6.94. The smallest absolute Gasteiger partial charge is 0.287 e. The predicted molar refractivity (Wildman–Crippen MR) is 89.6 cm³/mol. The van der Waals surface area contributed by atoms with E-state index in [1.54, 1.807) is 17.5 Å². The minimum Gasteiger partial charge on any atom is -0.381 e. The van der Waals surface area contributed by atoms with Crippen molar-refractivity contribution in [3.05, 3.63) is 44.0 Å². The van der Waals surface area contributed by atoms with E-state index in [-0.39, 0.29) is 16.0 Å². The lowest BCUT2D eigenvalue weighted by Gasteiger charge is -2.24. The fourth-order valence-electron chi connectivity index (χ4n) is 2.03. The normalized spacial score (nSPS) is 11.6. The van der Waals surface area contributed by atoms with Crippen LogP contribution in [0.2, 0.25) is 5.02 Å². The standard InChI is InChI=1S/C15H20ClN3OS/c1-4-7-19-14(20)13(16)11(9-18-19)17-10-15(2,3)12-6-5-8-21-12/h5-6,8-9,17H,4,7,10H2,1-3H3. The van der Waals surface area contributed by atoms with E-state index in [0.717, 1.165) is 6.42 Å². The summed E-state index contributed by atoms with van der Waals surface area (Å²) >= 11 is 7.88. The molecule has 0 spiro atoms. The Bertz CT molecular complexity index is 649. The van der Waals surface area contributed by atoms with Crippen LogP contribution in [-0.2, 0) is 12.0 Å². The van der Waals surface area contributed by atoms with Gasteiger partial charge >= 0.3 is 0 Å². The molecular formula is C15H20ClN3OS. The Morgan fingerprint density at radius 1 is 1.48 bits per heavy atom. The molecule has 0 saturated carbocycles. The van der Waals surface area contributed by atoms with Crippen molar-refractivity contribution >= 4 is 28.6 Å². The second kappa shape index (κ2) is 6.62. The summed E-state index contributed by atoms with van der Waals surface area (Å²) in [6.07, 6.45) is 2.48. The summed E-state index contributed by atoms with van der Waals surface area (Å²) in [5.41, 5.74) is 0.326. The molecule has 1 N–H and O–H groups in total. The maximum atomic E-state index is 12.1. The molecule has 0 aliphatic heterocycles. The molecule has 0 fully saturated rings. The van der Waals surface area contributed by atoms with Gasteiger partial charge in [-0.05, 0) is 17.9 Å². The molecule has 0 aromatic carbocycles. The van der Waals surface area contributed by atoms with E-state index in [9.17, 15) is 4.79 Å². The lowest BCUT2D eigenvalue weighted by Crippen LogP contribution is -2.29. The molecule has 0 unspecified atom stereocenters. The number of anilines is 1. The zero-order valence-electron chi connectivity index (χ0n) is 12.5. The van der Waals surface area contributed by atoms with Gasteiger partial charge in [-0.1, -0.05) is 38.4 Å². The Balaban J connectivity index is 2.14.